The number of carbonyl (C=O) groups excluding carboxylic acids is 1. The number of rotatable bonds is 5. The van der Waals surface area contributed by atoms with E-state index in [4.69, 9.17) is 5.73 Å². The fraction of sp³-hybridized carbons (Fsp3) is 0.300. The molecule has 5 heteroatoms. The van der Waals surface area contributed by atoms with Crippen molar-refractivity contribution in [2.45, 2.75) is 12.3 Å². The number of hydrogen-bond donors (Lipinski definition) is 1. The molecular weight excluding hydrogens is 196 g/mol. The highest BCUT2D eigenvalue weighted by molar-refractivity contribution is 5.74. The number of nitro groups is 1. The van der Waals surface area contributed by atoms with Crippen LogP contribution in [-0.4, -0.2) is 17.4 Å². The topological polar surface area (TPSA) is 86.2 Å². The van der Waals surface area contributed by atoms with Crippen LogP contribution in [0.2, 0.25) is 0 Å². The molecule has 1 rings (SSSR count). The standard InChI is InChI=1S/C10H12N2O3/c11-10(13)6-9(7-12(14)15)8-4-2-1-3-5-8/h1-5,9H,6-7H2,(H2,11,13)/t9-/m0/s1. The van der Waals surface area contributed by atoms with Crippen LogP contribution < -0.4 is 5.73 Å². The molecule has 2 N–H and O–H groups in total. The van der Waals surface area contributed by atoms with Crippen molar-refractivity contribution >= 4 is 5.91 Å². The van der Waals surface area contributed by atoms with Crippen LogP contribution in [0.25, 0.3) is 0 Å². The zero-order chi connectivity index (χ0) is 11.3. The van der Waals surface area contributed by atoms with Crippen molar-refractivity contribution in [2.75, 3.05) is 6.54 Å². The first-order valence-corrected chi connectivity index (χ1v) is 4.54. The molecule has 0 aliphatic heterocycles. The van der Waals surface area contributed by atoms with Gasteiger partial charge in [0.05, 0.1) is 5.92 Å². The number of nitrogens with zero attached hydrogens (tertiary/aromatic N) is 1. The number of amides is 1. The van der Waals surface area contributed by atoms with Gasteiger partial charge in [0.15, 0.2) is 0 Å². The smallest absolute Gasteiger partial charge is 0.218 e. The summed E-state index contributed by atoms with van der Waals surface area (Å²) in [5.41, 5.74) is 5.82. The zero-order valence-corrected chi connectivity index (χ0v) is 8.13. The van der Waals surface area contributed by atoms with E-state index in [2.05, 4.69) is 0 Å². The first-order valence-electron chi connectivity index (χ1n) is 4.54. The zero-order valence-electron chi connectivity index (χ0n) is 8.13. The minimum atomic E-state index is -0.522. The van der Waals surface area contributed by atoms with Gasteiger partial charge in [-0.05, 0) is 5.56 Å². The molecule has 1 aromatic rings. The lowest BCUT2D eigenvalue weighted by atomic mass is 9.96. The van der Waals surface area contributed by atoms with Crippen molar-refractivity contribution in [1.29, 1.82) is 0 Å². The predicted octanol–water partition coefficient (Wildman–Crippen LogP) is 0.922. The van der Waals surface area contributed by atoms with Gasteiger partial charge in [0.2, 0.25) is 12.5 Å². The molecule has 1 aromatic carbocycles. The molecular formula is C10H12N2O3. The van der Waals surface area contributed by atoms with Gasteiger partial charge < -0.3 is 5.73 Å². The van der Waals surface area contributed by atoms with E-state index in [1.807, 2.05) is 6.07 Å². The largest absolute Gasteiger partial charge is 0.370 e. The van der Waals surface area contributed by atoms with Crippen molar-refractivity contribution in [1.82, 2.24) is 0 Å². The van der Waals surface area contributed by atoms with Crippen LogP contribution in [0, 0.1) is 10.1 Å². The maximum absolute atomic E-state index is 10.8. The number of benzene rings is 1. The number of primary amides is 1. The average molecular weight is 208 g/mol. The van der Waals surface area contributed by atoms with E-state index in [-0.39, 0.29) is 13.0 Å². The first-order chi connectivity index (χ1) is 7.09. The third kappa shape index (κ3) is 3.76. The summed E-state index contributed by atoms with van der Waals surface area (Å²) in [6.45, 7) is -0.271. The second kappa shape index (κ2) is 5.09. The molecule has 80 valence electrons. The molecule has 0 saturated carbocycles. The highest BCUT2D eigenvalue weighted by Crippen LogP contribution is 2.19. The number of carbonyl (C=O) groups is 1. The lowest BCUT2D eigenvalue weighted by Crippen LogP contribution is -2.20. The SMILES string of the molecule is NC(=O)C[C@@H](C[N+](=O)[O-])c1ccccc1. The van der Waals surface area contributed by atoms with E-state index in [0.29, 0.717) is 0 Å². The minimum Gasteiger partial charge on any atom is -0.370 e. The molecule has 15 heavy (non-hydrogen) atoms. The quantitative estimate of drug-likeness (QED) is 0.576. The van der Waals surface area contributed by atoms with Crippen LogP contribution in [0.15, 0.2) is 30.3 Å². The van der Waals surface area contributed by atoms with Gasteiger partial charge in [-0.2, -0.15) is 0 Å². The molecule has 5 nitrogen and oxygen atoms in total. The summed E-state index contributed by atoms with van der Waals surface area (Å²) in [6, 6.07) is 8.90. The van der Waals surface area contributed by atoms with Crippen LogP contribution in [0.4, 0.5) is 0 Å². The van der Waals surface area contributed by atoms with Gasteiger partial charge in [0, 0.05) is 11.3 Å². The highest BCUT2D eigenvalue weighted by atomic mass is 16.6. The molecule has 0 heterocycles. The van der Waals surface area contributed by atoms with Gasteiger partial charge in [-0.1, -0.05) is 30.3 Å². The van der Waals surface area contributed by atoms with Crippen molar-refractivity contribution in [3.8, 4) is 0 Å². The second-order valence-electron chi connectivity index (χ2n) is 3.29. The molecule has 0 fully saturated rings. The predicted molar refractivity (Wildman–Crippen MR) is 54.9 cm³/mol. The van der Waals surface area contributed by atoms with E-state index >= 15 is 0 Å². The molecule has 1 atom stereocenters. The molecule has 0 unspecified atom stereocenters. The summed E-state index contributed by atoms with van der Waals surface area (Å²) in [6.07, 6.45) is 0.00495. The Labute approximate surface area is 87.0 Å². The Morgan fingerprint density at radius 2 is 2.00 bits per heavy atom. The lowest BCUT2D eigenvalue weighted by molar-refractivity contribution is -0.483. The van der Waals surface area contributed by atoms with Crippen LogP contribution >= 0.6 is 0 Å². The van der Waals surface area contributed by atoms with Gasteiger partial charge >= 0.3 is 0 Å². The van der Waals surface area contributed by atoms with Gasteiger partial charge in [0.25, 0.3) is 0 Å². The van der Waals surface area contributed by atoms with Crippen molar-refractivity contribution in [3.63, 3.8) is 0 Å². The van der Waals surface area contributed by atoms with E-state index in [9.17, 15) is 14.9 Å². The van der Waals surface area contributed by atoms with Crippen molar-refractivity contribution in [2.24, 2.45) is 5.73 Å². The first kappa shape index (κ1) is 11.2. The molecule has 0 aliphatic rings. The van der Waals surface area contributed by atoms with Gasteiger partial charge in [-0.25, -0.2) is 0 Å². The monoisotopic (exact) mass is 208 g/mol. The summed E-state index contributed by atoms with van der Waals surface area (Å²) in [5.74, 6) is -0.954. The van der Waals surface area contributed by atoms with Crippen LogP contribution in [-0.2, 0) is 4.79 Å². The average Bonchev–Trinajstić information content (AvgIpc) is 2.17. The fourth-order valence-corrected chi connectivity index (χ4v) is 1.44. The van der Waals surface area contributed by atoms with E-state index < -0.39 is 16.7 Å². The molecule has 0 saturated heterocycles. The minimum absolute atomic E-state index is 0.00495. The van der Waals surface area contributed by atoms with Crippen LogP contribution in [0.3, 0.4) is 0 Å². The Kier molecular flexibility index (Phi) is 3.79. The summed E-state index contributed by atoms with van der Waals surface area (Å²) >= 11 is 0. The Bertz CT molecular complexity index is 335. The molecule has 0 aromatic heterocycles. The second-order valence-corrected chi connectivity index (χ2v) is 3.29. The van der Waals surface area contributed by atoms with E-state index in [1.165, 1.54) is 0 Å². The Hall–Kier alpha value is -1.91. The van der Waals surface area contributed by atoms with E-state index in [1.54, 1.807) is 24.3 Å². The van der Waals surface area contributed by atoms with Gasteiger partial charge in [-0.3, -0.25) is 14.9 Å². The summed E-state index contributed by atoms with van der Waals surface area (Å²) in [5, 5.41) is 10.4. The van der Waals surface area contributed by atoms with Crippen LogP contribution in [0.1, 0.15) is 17.9 Å². The maximum atomic E-state index is 10.8. The van der Waals surface area contributed by atoms with Crippen LogP contribution in [0.5, 0.6) is 0 Å². The maximum Gasteiger partial charge on any atom is 0.218 e. The lowest BCUT2D eigenvalue weighted by Gasteiger charge is -2.10. The molecule has 0 radical (unpaired) electrons. The van der Waals surface area contributed by atoms with Gasteiger partial charge in [0.1, 0.15) is 0 Å². The molecule has 0 bridgehead atoms. The summed E-state index contributed by atoms with van der Waals surface area (Å²) in [4.78, 5) is 20.8. The Balaban J connectivity index is 2.81. The van der Waals surface area contributed by atoms with Gasteiger partial charge in [-0.15, -0.1) is 0 Å². The van der Waals surface area contributed by atoms with Crippen molar-refractivity contribution < 1.29 is 9.72 Å². The molecule has 0 spiro atoms. The third-order valence-electron chi connectivity index (χ3n) is 2.09. The number of nitrogens with two attached hydrogens (primary N) is 1. The third-order valence-corrected chi connectivity index (χ3v) is 2.09. The number of hydrogen-bond acceptors (Lipinski definition) is 3. The molecule has 0 aliphatic carbocycles. The van der Waals surface area contributed by atoms with Crippen molar-refractivity contribution in [3.05, 3.63) is 46.0 Å². The molecule has 1 amide bonds. The normalized spacial score (nSPS) is 12.0. The Morgan fingerprint density at radius 1 is 1.40 bits per heavy atom. The van der Waals surface area contributed by atoms with E-state index in [0.717, 1.165) is 5.56 Å². The fourth-order valence-electron chi connectivity index (χ4n) is 1.44. The highest BCUT2D eigenvalue weighted by Gasteiger charge is 2.19. The summed E-state index contributed by atoms with van der Waals surface area (Å²) < 4.78 is 0. The Morgan fingerprint density at radius 3 is 2.47 bits per heavy atom. The summed E-state index contributed by atoms with van der Waals surface area (Å²) in [7, 11) is 0.